The number of aromatic hydroxyl groups is 1. The molecule has 0 radical (unpaired) electrons. The Bertz CT molecular complexity index is 1410. The van der Waals surface area contributed by atoms with Crippen LogP contribution in [0.15, 0.2) is 35.6 Å². The van der Waals surface area contributed by atoms with Crippen LogP contribution in [-0.4, -0.2) is 95.3 Å². The number of ketones is 2. The van der Waals surface area contributed by atoms with E-state index in [1.54, 1.807) is 19.0 Å². The van der Waals surface area contributed by atoms with Crippen molar-refractivity contribution in [3.63, 3.8) is 0 Å². The van der Waals surface area contributed by atoms with Crippen molar-refractivity contribution in [1.82, 2.24) is 4.90 Å². The lowest BCUT2D eigenvalue weighted by Crippen LogP contribution is -2.65. The molecule has 3 aliphatic rings. The van der Waals surface area contributed by atoms with Gasteiger partial charge in [0, 0.05) is 31.3 Å². The molecule has 1 aromatic rings. The van der Waals surface area contributed by atoms with Gasteiger partial charge in [-0.05, 0) is 44.5 Å². The van der Waals surface area contributed by atoms with Gasteiger partial charge in [-0.3, -0.25) is 24.6 Å². The van der Waals surface area contributed by atoms with Crippen molar-refractivity contribution in [3.8, 4) is 5.75 Å². The van der Waals surface area contributed by atoms with Crippen LogP contribution in [0.2, 0.25) is 0 Å². The van der Waals surface area contributed by atoms with Gasteiger partial charge in [0.05, 0.1) is 17.3 Å². The quantitative estimate of drug-likeness (QED) is 0.164. The molecule has 0 bridgehead atoms. The van der Waals surface area contributed by atoms with Gasteiger partial charge in [0.1, 0.15) is 23.7 Å². The lowest BCUT2D eigenvalue weighted by molar-refractivity contribution is -0.153. The topological polar surface area (TPSA) is 203 Å². The molecule has 3 aliphatic carbocycles. The fraction of sp³-hybridized carbons (Fsp3) is 0.407. The first-order chi connectivity index (χ1) is 18.7. The average molecular weight is 557 g/mol. The lowest BCUT2D eigenvalue weighted by Gasteiger charge is -2.50. The smallest absolute Gasteiger partial charge is 0.412 e. The molecule has 1 saturated carbocycles. The van der Waals surface area contributed by atoms with Gasteiger partial charge in [-0.25, -0.2) is 4.79 Å². The number of hydrogen-bond donors (Lipinski definition) is 6. The zero-order valence-electron chi connectivity index (χ0n) is 22.5. The third-order valence-electron chi connectivity index (χ3n) is 7.75. The predicted octanol–water partition coefficient (Wildman–Crippen LogP) is 0.765. The minimum absolute atomic E-state index is 0.0345. The number of carbonyl (C=O) groups is 4. The Kier molecular flexibility index (Phi) is 7.15. The highest BCUT2D eigenvalue weighted by Gasteiger charge is 2.64. The Balaban J connectivity index is 1.94. The number of primary amides is 1. The number of nitrogens with zero attached hydrogens (tertiary/aromatic N) is 2. The molecule has 0 saturated heterocycles. The molecule has 4 rings (SSSR count). The first kappa shape index (κ1) is 28.6. The Hall–Kier alpha value is -4.36. The SMILES string of the molecule is C=CCOC(=O)Nc1cc(N(C)C)c2c(c1O)C(O)=C1C(=O)[C@]3(O)C(O)=C(C(N)=O)C(=O)[C@@H](N(C)C)[C@@H]3C[C@@H]1C2. The molecule has 2 amide bonds. The number of fused-ring (bicyclic) bond motifs is 3. The summed E-state index contributed by atoms with van der Waals surface area (Å²) in [4.78, 5) is 54.6. The number of hydrogen-bond acceptors (Lipinski definition) is 11. The number of amides is 2. The average Bonchev–Trinajstić information content (AvgIpc) is 2.85. The van der Waals surface area contributed by atoms with Crippen LogP contribution in [0.4, 0.5) is 16.2 Å². The summed E-state index contributed by atoms with van der Waals surface area (Å²) >= 11 is 0. The summed E-state index contributed by atoms with van der Waals surface area (Å²) in [5, 5.41) is 47.6. The normalized spacial score (nSPS) is 25.7. The molecule has 4 atom stereocenters. The standard InChI is InChI=1S/C27H32N4O9/c1-6-7-40-26(38)29-14-10-15(30(2)3)12-8-11-9-13-19(31(4)5)22(34)18(25(28)37)24(36)27(13,39)23(35)16(11)21(33)17(12)20(14)32/h6,10-11,13,19,32-33,36,39H,1,7-9H2,2-5H3,(H2,28,37)(H,29,38)/t11-,13-,19-,27-/m0/s1. The summed E-state index contributed by atoms with van der Waals surface area (Å²) in [6.45, 7) is 3.37. The second kappa shape index (κ2) is 9.99. The predicted molar refractivity (Wildman–Crippen MR) is 144 cm³/mol. The Morgan fingerprint density at radius 1 is 1.23 bits per heavy atom. The van der Waals surface area contributed by atoms with Gasteiger partial charge in [0.15, 0.2) is 17.1 Å². The summed E-state index contributed by atoms with van der Waals surface area (Å²) in [7, 11) is 6.49. The van der Waals surface area contributed by atoms with Crippen LogP contribution >= 0.6 is 0 Å². The molecule has 7 N–H and O–H groups in total. The number of nitrogens with one attached hydrogen (secondary N) is 1. The highest BCUT2D eigenvalue weighted by Crippen LogP contribution is 2.54. The van der Waals surface area contributed by atoms with E-state index in [1.165, 1.54) is 31.1 Å². The molecule has 40 heavy (non-hydrogen) atoms. The number of rotatable bonds is 6. The maximum Gasteiger partial charge on any atom is 0.412 e. The number of ether oxygens (including phenoxy) is 1. The number of carbonyl (C=O) groups excluding carboxylic acids is 4. The van der Waals surface area contributed by atoms with Crippen molar-refractivity contribution in [2.45, 2.75) is 24.5 Å². The number of anilines is 2. The van der Waals surface area contributed by atoms with Crippen molar-refractivity contribution >= 4 is 40.7 Å². The van der Waals surface area contributed by atoms with E-state index in [2.05, 4.69) is 11.9 Å². The molecular formula is C27H32N4O9. The van der Waals surface area contributed by atoms with Crippen LogP contribution in [-0.2, 0) is 25.5 Å². The van der Waals surface area contributed by atoms with E-state index < -0.39 is 69.9 Å². The fourth-order valence-corrected chi connectivity index (χ4v) is 6.07. The molecule has 1 fully saturated rings. The van der Waals surface area contributed by atoms with Crippen molar-refractivity contribution < 1.29 is 44.3 Å². The van der Waals surface area contributed by atoms with Gasteiger partial charge in [-0.1, -0.05) is 12.7 Å². The van der Waals surface area contributed by atoms with Gasteiger partial charge in [0.25, 0.3) is 5.91 Å². The highest BCUT2D eigenvalue weighted by atomic mass is 16.5. The van der Waals surface area contributed by atoms with Crippen LogP contribution in [0.5, 0.6) is 5.75 Å². The summed E-state index contributed by atoms with van der Waals surface area (Å²) in [5.41, 5.74) is 2.12. The third kappa shape index (κ3) is 4.09. The Labute approximate surface area is 229 Å². The van der Waals surface area contributed by atoms with Gasteiger partial charge >= 0.3 is 6.09 Å². The van der Waals surface area contributed by atoms with Gasteiger partial charge in [-0.2, -0.15) is 0 Å². The maximum atomic E-state index is 14.0. The zero-order valence-corrected chi connectivity index (χ0v) is 22.5. The van der Waals surface area contributed by atoms with E-state index >= 15 is 0 Å². The lowest BCUT2D eigenvalue weighted by atomic mass is 9.57. The summed E-state index contributed by atoms with van der Waals surface area (Å²) < 4.78 is 4.92. The van der Waals surface area contributed by atoms with Crippen molar-refractivity contribution in [1.29, 1.82) is 0 Å². The summed E-state index contributed by atoms with van der Waals surface area (Å²) in [6, 6.07) is 0.315. The number of likely N-dealkylation sites (N-methyl/N-ethyl adjacent to an activating group) is 1. The van der Waals surface area contributed by atoms with Crippen molar-refractivity contribution in [2.24, 2.45) is 17.6 Å². The monoisotopic (exact) mass is 556 g/mol. The molecule has 13 nitrogen and oxygen atoms in total. The highest BCUT2D eigenvalue weighted by molar-refractivity contribution is 6.24. The first-order valence-corrected chi connectivity index (χ1v) is 12.4. The zero-order chi connectivity index (χ0) is 29.8. The van der Waals surface area contributed by atoms with Gasteiger partial charge in [-0.15, -0.1) is 0 Å². The van der Waals surface area contributed by atoms with E-state index in [9.17, 15) is 39.6 Å². The van der Waals surface area contributed by atoms with Crippen LogP contribution in [0.1, 0.15) is 17.5 Å². The number of phenols is 1. The van der Waals surface area contributed by atoms with Crippen LogP contribution in [0.3, 0.4) is 0 Å². The number of nitrogens with two attached hydrogens (primary N) is 1. The molecule has 0 aromatic heterocycles. The first-order valence-electron chi connectivity index (χ1n) is 12.4. The number of aliphatic hydroxyl groups is 3. The number of phenolic OH excluding ortho intramolecular Hbond substituents is 1. The minimum atomic E-state index is -2.74. The molecule has 13 heteroatoms. The summed E-state index contributed by atoms with van der Waals surface area (Å²) in [5.74, 6) is -7.54. The van der Waals surface area contributed by atoms with E-state index in [1.807, 2.05) is 0 Å². The fourth-order valence-electron chi connectivity index (χ4n) is 6.07. The molecule has 0 spiro atoms. The molecule has 0 aliphatic heterocycles. The molecule has 1 aromatic carbocycles. The van der Waals surface area contributed by atoms with Crippen LogP contribution in [0, 0.1) is 11.8 Å². The third-order valence-corrected chi connectivity index (χ3v) is 7.75. The molecule has 0 unspecified atom stereocenters. The van der Waals surface area contributed by atoms with Crippen LogP contribution < -0.4 is 16.0 Å². The number of benzene rings is 1. The molecular weight excluding hydrogens is 524 g/mol. The van der Waals surface area contributed by atoms with Crippen LogP contribution in [0.25, 0.3) is 5.76 Å². The molecule has 214 valence electrons. The Morgan fingerprint density at radius 3 is 2.42 bits per heavy atom. The second-order valence-corrected chi connectivity index (χ2v) is 10.5. The largest absolute Gasteiger partial charge is 0.508 e. The number of aliphatic hydroxyl groups excluding tert-OH is 2. The van der Waals surface area contributed by atoms with E-state index in [0.717, 1.165) is 0 Å². The Morgan fingerprint density at radius 2 is 1.88 bits per heavy atom. The second-order valence-electron chi connectivity index (χ2n) is 10.5. The van der Waals surface area contributed by atoms with Crippen molar-refractivity contribution in [2.75, 3.05) is 45.0 Å². The van der Waals surface area contributed by atoms with Gasteiger partial charge in [0.2, 0.25) is 5.78 Å². The number of Topliss-reactive ketones (excluding diaryl/α,β-unsaturated/α-hetero) is 2. The summed E-state index contributed by atoms with van der Waals surface area (Å²) in [6.07, 6.45) is 0.528. The van der Waals surface area contributed by atoms with Gasteiger partial charge < -0.3 is 35.8 Å². The molecule has 0 heterocycles. The minimum Gasteiger partial charge on any atom is -0.508 e. The van der Waals surface area contributed by atoms with E-state index in [4.69, 9.17) is 10.5 Å². The maximum absolute atomic E-state index is 14.0. The van der Waals surface area contributed by atoms with E-state index in [-0.39, 0.29) is 36.3 Å². The van der Waals surface area contributed by atoms with Crippen molar-refractivity contribution in [3.05, 3.63) is 46.8 Å². The van der Waals surface area contributed by atoms with E-state index in [0.29, 0.717) is 11.3 Å².